The Hall–Kier alpha value is -3.12. The molecule has 282 valence electrons. The molecule has 16 atom stereocenters. The second-order valence-corrected chi connectivity index (χ2v) is 16.0. The number of hydrogen-bond acceptors (Lipinski definition) is 16. The van der Waals surface area contributed by atoms with Crippen molar-refractivity contribution in [3.05, 3.63) is 24.2 Å². The smallest absolute Gasteiger partial charge is 0.335 e. The van der Waals surface area contributed by atoms with Gasteiger partial charge in [0.1, 0.15) is 41.2 Å². The molecule has 1 aromatic heterocycles. The lowest BCUT2D eigenvalue weighted by molar-refractivity contribution is -0.443. The van der Waals surface area contributed by atoms with Gasteiger partial charge in [0.25, 0.3) is 0 Å². The van der Waals surface area contributed by atoms with Crippen LogP contribution in [0.15, 0.2) is 23.0 Å². The predicted molar refractivity (Wildman–Crippen MR) is 165 cm³/mol. The van der Waals surface area contributed by atoms with E-state index in [2.05, 4.69) is 0 Å². The molecule has 1 unspecified atom stereocenters. The summed E-state index contributed by atoms with van der Waals surface area (Å²) in [5.74, 6) is -8.24. The van der Waals surface area contributed by atoms with Crippen molar-refractivity contribution in [2.75, 3.05) is 7.11 Å². The Bertz CT molecular complexity index is 1680. The summed E-state index contributed by atoms with van der Waals surface area (Å²) in [5.41, 5.74) is -15.6. The molecule has 7 rings (SSSR count). The van der Waals surface area contributed by atoms with E-state index in [1.165, 1.54) is 39.4 Å². The largest absolute Gasteiger partial charge is 0.472 e. The molecule has 6 aliphatic rings. The van der Waals surface area contributed by atoms with Crippen LogP contribution in [0.1, 0.15) is 79.4 Å². The number of carbonyl (C=O) groups is 4. The average molecular weight is 723 g/mol. The first-order valence-electron chi connectivity index (χ1n) is 17.1. The Kier molecular flexibility index (Phi) is 7.47. The zero-order valence-electron chi connectivity index (χ0n) is 29.7. The van der Waals surface area contributed by atoms with Gasteiger partial charge in [0.15, 0.2) is 23.6 Å². The van der Waals surface area contributed by atoms with E-state index in [9.17, 15) is 44.7 Å². The molecule has 2 aliphatic heterocycles. The number of ether oxygens (including phenoxy) is 6. The van der Waals surface area contributed by atoms with Crippen LogP contribution < -0.4 is 0 Å². The molecule has 16 heteroatoms. The quantitative estimate of drug-likeness (QED) is 0.178. The molecule has 16 nitrogen and oxygen atoms in total. The number of rotatable bonds is 8. The Balaban J connectivity index is 1.63. The summed E-state index contributed by atoms with van der Waals surface area (Å²) in [7, 11) is 1.03. The van der Waals surface area contributed by atoms with E-state index in [0.717, 1.165) is 21.0 Å². The summed E-state index contributed by atoms with van der Waals surface area (Å²) in [6.07, 6.45) is -8.85. The predicted octanol–water partition coefficient (Wildman–Crippen LogP) is 0.195. The minimum absolute atomic E-state index is 0.0828. The maximum Gasteiger partial charge on any atom is 0.335 e. The van der Waals surface area contributed by atoms with E-state index < -0.39 is 123 Å². The van der Waals surface area contributed by atoms with Gasteiger partial charge >= 0.3 is 23.9 Å². The van der Waals surface area contributed by atoms with Crippen LogP contribution in [0, 0.1) is 28.1 Å². The first-order valence-corrected chi connectivity index (χ1v) is 17.1. The number of carbonyl (C=O) groups excluding carboxylic acids is 4. The minimum atomic E-state index is -2.81. The SMILES string of the molecule is CCC12C[C@@H]3[C@](C)([C@@H](OC(C)=O)c4ccoc4)[C@@H](O)[C@@H](OC(C)=O)[C@@]4(O)[C@]3(O1)[C@H](O2)[C@@]1(OC(C)=O)[C@@H](O)[C@@]2(C)C[C@@]1(O)[C@@]4(C)[C@H]2[C@@H](O)C(=O)OC. The van der Waals surface area contributed by atoms with Gasteiger partial charge in [-0.1, -0.05) is 27.7 Å². The van der Waals surface area contributed by atoms with Crippen LogP contribution in [0.4, 0.5) is 0 Å². The van der Waals surface area contributed by atoms with Crippen molar-refractivity contribution >= 4 is 23.9 Å². The molecule has 5 N–H and O–H groups in total. The molecule has 51 heavy (non-hydrogen) atoms. The summed E-state index contributed by atoms with van der Waals surface area (Å²) in [6.45, 7) is 9.38. The summed E-state index contributed by atoms with van der Waals surface area (Å²) in [6, 6.07) is 1.52. The van der Waals surface area contributed by atoms with Crippen LogP contribution in [0.25, 0.3) is 0 Å². The third-order valence-electron chi connectivity index (χ3n) is 14.1. The Morgan fingerprint density at radius 3 is 2.24 bits per heavy atom. The maximum atomic E-state index is 14.0. The van der Waals surface area contributed by atoms with Crippen molar-refractivity contribution in [1.82, 2.24) is 0 Å². The molecular weight excluding hydrogens is 676 g/mol. The number of aliphatic hydroxyl groups excluding tert-OH is 3. The molecule has 4 bridgehead atoms. The summed E-state index contributed by atoms with van der Waals surface area (Å²) >= 11 is 0. The zero-order valence-corrected chi connectivity index (χ0v) is 29.7. The molecule has 0 amide bonds. The topological polar surface area (TPSA) is 238 Å². The van der Waals surface area contributed by atoms with Crippen molar-refractivity contribution in [2.45, 2.75) is 133 Å². The first kappa shape index (κ1) is 36.2. The maximum absolute atomic E-state index is 14.0. The summed E-state index contributed by atoms with van der Waals surface area (Å²) in [5, 5.41) is 64.5. The average Bonchev–Trinajstić information content (AvgIpc) is 3.85. The molecular formula is C35H46O16. The lowest BCUT2D eigenvalue weighted by Gasteiger charge is -2.77. The first-order chi connectivity index (χ1) is 23.6. The minimum Gasteiger partial charge on any atom is -0.472 e. The number of esters is 4. The fourth-order valence-electron chi connectivity index (χ4n) is 12.5. The molecule has 1 aromatic rings. The Morgan fingerprint density at radius 1 is 1.04 bits per heavy atom. The van der Waals surface area contributed by atoms with Crippen molar-refractivity contribution in [3.8, 4) is 0 Å². The van der Waals surface area contributed by atoms with Gasteiger partial charge < -0.3 is 58.4 Å². The lowest BCUT2D eigenvalue weighted by atomic mass is 9.32. The van der Waals surface area contributed by atoms with E-state index in [4.69, 9.17) is 32.8 Å². The number of methoxy groups -OCH3 is 1. The van der Waals surface area contributed by atoms with Gasteiger partial charge in [-0.25, -0.2) is 4.79 Å². The van der Waals surface area contributed by atoms with Gasteiger partial charge in [0, 0.05) is 60.8 Å². The van der Waals surface area contributed by atoms with Crippen LogP contribution >= 0.6 is 0 Å². The molecule has 4 saturated carbocycles. The molecule has 0 aromatic carbocycles. The monoisotopic (exact) mass is 722 g/mol. The highest BCUT2D eigenvalue weighted by Crippen LogP contribution is 2.87. The second-order valence-electron chi connectivity index (χ2n) is 16.0. The molecule has 3 heterocycles. The van der Waals surface area contributed by atoms with Gasteiger partial charge in [-0.3, -0.25) is 14.4 Å². The number of hydrogen-bond donors (Lipinski definition) is 5. The second kappa shape index (κ2) is 10.5. The Morgan fingerprint density at radius 2 is 1.71 bits per heavy atom. The number of fused-ring (bicyclic) bond motifs is 4. The van der Waals surface area contributed by atoms with Gasteiger partial charge in [-0.15, -0.1) is 0 Å². The van der Waals surface area contributed by atoms with Crippen LogP contribution in [-0.2, 0) is 47.6 Å². The third kappa shape index (κ3) is 3.60. The standard InChI is InChI=1S/C35H46O16/c1-9-31-12-19-29(6,23(47-15(2)36)18-10-11-46-13-18)22(40)24(48-16(3)37)35(44)30(7)21(20(39)25(41)45-8)28(5)14-32(30,43)34(26(28)42,49-17(4)38)27(50-31)33(19,35)51-31/h10-11,13,19-24,26-27,39-40,42-44H,9,12,14H2,1-8H3/t19-,20-,21+,22+,23+,24-,26+,27+,28+,29+,30-,31?,32-,33-,34+,35+/m1/s1. The van der Waals surface area contributed by atoms with Crippen LogP contribution in [0.3, 0.4) is 0 Å². The van der Waals surface area contributed by atoms with Gasteiger partial charge in [0.05, 0.1) is 19.6 Å². The van der Waals surface area contributed by atoms with Gasteiger partial charge in [0.2, 0.25) is 0 Å². The highest BCUT2D eigenvalue weighted by atomic mass is 16.8. The summed E-state index contributed by atoms with van der Waals surface area (Å²) < 4.78 is 41.9. The van der Waals surface area contributed by atoms with Gasteiger partial charge in [-0.2, -0.15) is 0 Å². The zero-order chi connectivity index (χ0) is 37.7. The normalized spacial score (nSPS) is 51.0. The van der Waals surface area contributed by atoms with Crippen molar-refractivity contribution < 1.29 is 77.5 Å². The van der Waals surface area contributed by atoms with E-state index in [0.29, 0.717) is 5.56 Å². The molecule has 1 spiro atoms. The van der Waals surface area contributed by atoms with E-state index in [1.807, 2.05) is 0 Å². The molecule has 4 aliphatic carbocycles. The fourth-order valence-corrected chi connectivity index (χ4v) is 12.5. The van der Waals surface area contributed by atoms with Crippen molar-refractivity contribution in [3.63, 3.8) is 0 Å². The van der Waals surface area contributed by atoms with Gasteiger partial charge in [-0.05, 0) is 18.9 Å². The van der Waals surface area contributed by atoms with Crippen molar-refractivity contribution in [2.24, 2.45) is 28.1 Å². The lowest BCUT2D eigenvalue weighted by Crippen LogP contribution is -2.97. The number of furan rings is 1. The van der Waals surface area contributed by atoms with Crippen LogP contribution in [0.5, 0.6) is 0 Å². The van der Waals surface area contributed by atoms with E-state index >= 15 is 0 Å². The Labute approximate surface area is 293 Å². The number of aliphatic hydroxyl groups is 5. The third-order valence-corrected chi connectivity index (χ3v) is 14.1. The fraction of sp³-hybridized carbons (Fsp3) is 0.771. The molecule has 0 radical (unpaired) electrons. The molecule has 2 saturated heterocycles. The van der Waals surface area contributed by atoms with Crippen LogP contribution in [0.2, 0.25) is 0 Å². The summed E-state index contributed by atoms with van der Waals surface area (Å²) in [4.78, 5) is 52.3. The van der Waals surface area contributed by atoms with E-state index in [-0.39, 0.29) is 12.8 Å². The highest BCUT2D eigenvalue weighted by molar-refractivity contribution is 5.76. The van der Waals surface area contributed by atoms with Crippen LogP contribution in [-0.4, -0.2) is 115 Å². The van der Waals surface area contributed by atoms with E-state index in [1.54, 1.807) is 13.8 Å². The highest BCUT2D eigenvalue weighted by Gasteiger charge is 3.03. The molecule has 6 fully saturated rings. The van der Waals surface area contributed by atoms with Crippen molar-refractivity contribution in [1.29, 1.82) is 0 Å².